The van der Waals surface area contributed by atoms with Crippen LogP contribution >= 0.6 is 0 Å². The lowest BCUT2D eigenvalue weighted by atomic mass is 10.1. The van der Waals surface area contributed by atoms with Gasteiger partial charge in [0.1, 0.15) is 17.2 Å². The van der Waals surface area contributed by atoms with E-state index in [1.807, 2.05) is 24.1 Å². The van der Waals surface area contributed by atoms with E-state index in [4.69, 9.17) is 19.3 Å². The molecule has 0 saturated carbocycles. The number of ether oxygens (including phenoxy) is 3. The standard InChI is InChI=1S/C13H21NO4/c1-14(5-6-15)9-11-12(17-3)7-10(16-2)8-13(11)18-4/h7-8,15H,5-6,9H2,1-4H3. The average molecular weight is 255 g/mol. The molecule has 0 heterocycles. The smallest absolute Gasteiger partial charge is 0.130 e. The maximum Gasteiger partial charge on any atom is 0.130 e. The maximum absolute atomic E-state index is 8.93. The molecule has 0 aliphatic rings. The first kappa shape index (κ1) is 14.6. The Morgan fingerprint density at radius 1 is 1.06 bits per heavy atom. The number of likely N-dealkylation sites (N-methyl/N-ethyl adjacent to an activating group) is 1. The number of benzene rings is 1. The van der Waals surface area contributed by atoms with Crippen molar-refractivity contribution < 1.29 is 19.3 Å². The first-order chi connectivity index (χ1) is 8.65. The molecular weight excluding hydrogens is 234 g/mol. The average Bonchev–Trinajstić information content (AvgIpc) is 2.39. The lowest BCUT2D eigenvalue weighted by Crippen LogP contribution is -2.22. The zero-order valence-electron chi connectivity index (χ0n) is 11.4. The second-order valence-electron chi connectivity index (χ2n) is 3.97. The minimum absolute atomic E-state index is 0.122. The molecule has 1 aromatic carbocycles. The number of nitrogens with zero attached hydrogens (tertiary/aromatic N) is 1. The van der Waals surface area contributed by atoms with Gasteiger partial charge in [0.2, 0.25) is 0 Å². The largest absolute Gasteiger partial charge is 0.496 e. The fraction of sp³-hybridized carbons (Fsp3) is 0.538. The molecule has 102 valence electrons. The van der Waals surface area contributed by atoms with Gasteiger partial charge < -0.3 is 19.3 Å². The second-order valence-corrected chi connectivity index (χ2v) is 3.97. The van der Waals surface area contributed by atoms with Crippen molar-refractivity contribution in [2.45, 2.75) is 6.54 Å². The van der Waals surface area contributed by atoms with Crippen LogP contribution in [0.1, 0.15) is 5.56 Å². The van der Waals surface area contributed by atoms with E-state index < -0.39 is 0 Å². The zero-order chi connectivity index (χ0) is 13.5. The molecular formula is C13H21NO4. The highest BCUT2D eigenvalue weighted by atomic mass is 16.5. The number of aliphatic hydroxyl groups excluding tert-OH is 1. The molecule has 0 radical (unpaired) electrons. The van der Waals surface area contributed by atoms with E-state index in [-0.39, 0.29) is 6.61 Å². The number of methoxy groups -OCH3 is 3. The molecule has 1 aromatic rings. The summed E-state index contributed by atoms with van der Waals surface area (Å²) in [6.45, 7) is 1.35. The van der Waals surface area contributed by atoms with Gasteiger partial charge in [-0.3, -0.25) is 4.90 Å². The molecule has 0 spiro atoms. The fourth-order valence-corrected chi connectivity index (χ4v) is 1.75. The van der Waals surface area contributed by atoms with E-state index in [1.54, 1.807) is 21.3 Å². The molecule has 0 amide bonds. The van der Waals surface area contributed by atoms with Crippen LogP contribution in [-0.4, -0.2) is 51.5 Å². The highest BCUT2D eigenvalue weighted by molar-refractivity contribution is 5.50. The quantitative estimate of drug-likeness (QED) is 0.791. The number of hydrogen-bond acceptors (Lipinski definition) is 5. The van der Waals surface area contributed by atoms with E-state index >= 15 is 0 Å². The summed E-state index contributed by atoms with van der Waals surface area (Å²) < 4.78 is 15.9. The predicted octanol–water partition coefficient (Wildman–Crippen LogP) is 1.14. The molecule has 0 unspecified atom stereocenters. The SMILES string of the molecule is COc1cc(OC)c(CN(C)CCO)c(OC)c1. The van der Waals surface area contributed by atoms with Crippen molar-refractivity contribution in [3.8, 4) is 17.2 Å². The minimum atomic E-state index is 0.122. The van der Waals surface area contributed by atoms with Crippen LogP contribution in [0.4, 0.5) is 0 Å². The lowest BCUT2D eigenvalue weighted by Gasteiger charge is -2.20. The molecule has 0 atom stereocenters. The predicted molar refractivity (Wildman–Crippen MR) is 69.5 cm³/mol. The fourth-order valence-electron chi connectivity index (χ4n) is 1.75. The summed E-state index contributed by atoms with van der Waals surface area (Å²) in [4.78, 5) is 1.99. The maximum atomic E-state index is 8.93. The summed E-state index contributed by atoms with van der Waals surface area (Å²) in [5, 5.41) is 8.93. The molecule has 1 rings (SSSR count). The monoisotopic (exact) mass is 255 g/mol. The molecule has 5 nitrogen and oxygen atoms in total. The molecule has 5 heteroatoms. The first-order valence-corrected chi connectivity index (χ1v) is 5.74. The Kier molecular flexibility index (Phi) is 5.74. The van der Waals surface area contributed by atoms with Gasteiger partial charge in [0.25, 0.3) is 0 Å². The van der Waals surface area contributed by atoms with E-state index in [1.165, 1.54) is 0 Å². The number of hydrogen-bond donors (Lipinski definition) is 1. The Bertz CT molecular complexity index is 356. The Morgan fingerprint density at radius 3 is 2.00 bits per heavy atom. The van der Waals surface area contributed by atoms with Crippen LogP contribution in [0.5, 0.6) is 17.2 Å². The summed E-state index contributed by atoms with van der Waals surface area (Å²) >= 11 is 0. The molecule has 0 aliphatic carbocycles. The van der Waals surface area contributed by atoms with Crippen molar-refractivity contribution in [3.63, 3.8) is 0 Å². The molecule has 0 saturated heterocycles. The van der Waals surface area contributed by atoms with Gasteiger partial charge in [-0.1, -0.05) is 0 Å². The third kappa shape index (κ3) is 3.51. The van der Waals surface area contributed by atoms with Crippen molar-refractivity contribution >= 4 is 0 Å². The second kappa shape index (κ2) is 7.08. The zero-order valence-corrected chi connectivity index (χ0v) is 11.4. The first-order valence-electron chi connectivity index (χ1n) is 5.74. The third-order valence-corrected chi connectivity index (χ3v) is 2.73. The van der Waals surface area contributed by atoms with Crippen LogP contribution in [0.2, 0.25) is 0 Å². The normalized spacial score (nSPS) is 10.6. The van der Waals surface area contributed by atoms with Gasteiger partial charge in [-0.2, -0.15) is 0 Å². The van der Waals surface area contributed by atoms with Crippen LogP contribution in [0.15, 0.2) is 12.1 Å². The highest BCUT2D eigenvalue weighted by Crippen LogP contribution is 2.34. The minimum Gasteiger partial charge on any atom is -0.496 e. The molecule has 1 N–H and O–H groups in total. The molecule has 0 bridgehead atoms. The Labute approximate surface area is 108 Å². The van der Waals surface area contributed by atoms with E-state index in [0.717, 1.165) is 17.1 Å². The van der Waals surface area contributed by atoms with Crippen LogP contribution in [0, 0.1) is 0 Å². The highest BCUT2D eigenvalue weighted by Gasteiger charge is 2.14. The number of rotatable bonds is 7. The van der Waals surface area contributed by atoms with Crippen molar-refractivity contribution in [2.24, 2.45) is 0 Å². The van der Waals surface area contributed by atoms with Crippen LogP contribution in [-0.2, 0) is 6.54 Å². The van der Waals surface area contributed by atoms with Crippen molar-refractivity contribution in [2.75, 3.05) is 41.5 Å². The van der Waals surface area contributed by atoms with Gasteiger partial charge in [0.15, 0.2) is 0 Å². The third-order valence-electron chi connectivity index (χ3n) is 2.73. The molecule has 18 heavy (non-hydrogen) atoms. The van der Waals surface area contributed by atoms with Crippen LogP contribution in [0.3, 0.4) is 0 Å². The van der Waals surface area contributed by atoms with Crippen molar-refractivity contribution in [3.05, 3.63) is 17.7 Å². The summed E-state index contributed by atoms with van der Waals surface area (Å²) in [6.07, 6.45) is 0. The van der Waals surface area contributed by atoms with Gasteiger partial charge in [-0.25, -0.2) is 0 Å². The van der Waals surface area contributed by atoms with Crippen LogP contribution < -0.4 is 14.2 Å². The van der Waals surface area contributed by atoms with E-state index in [9.17, 15) is 0 Å². The van der Waals surface area contributed by atoms with Crippen molar-refractivity contribution in [1.29, 1.82) is 0 Å². The summed E-state index contributed by atoms with van der Waals surface area (Å²) in [5.41, 5.74) is 0.941. The van der Waals surface area contributed by atoms with Crippen molar-refractivity contribution in [1.82, 2.24) is 4.90 Å². The summed E-state index contributed by atoms with van der Waals surface area (Å²) in [7, 11) is 6.76. The van der Waals surface area contributed by atoms with Gasteiger partial charge in [-0.15, -0.1) is 0 Å². The number of aliphatic hydroxyl groups is 1. The lowest BCUT2D eigenvalue weighted by molar-refractivity contribution is 0.214. The Hall–Kier alpha value is -1.46. The Balaban J connectivity index is 3.06. The van der Waals surface area contributed by atoms with Gasteiger partial charge >= 0.3 is 0 Å². The van der Waals surface area contributed by atoms with Gasteiger partial charge in [-0.05, 0) is 7.05 Å². The molecule has 0 fully saturated rings. The van der Waals surface area contributed by atoms with Gasteiger partial charge in [0, 0.05) is 25.2 Å². The topological polar surface area (TPSA) is 51.2 Å². The summed E-state index contributed by atoms with van der Waals surface area (Å²) in [6, 6.07) is 3.65. The van der Waals surface area contributed by atoms with E-state index in [2.05, 4.69) is 0 Å². The van der Waals surface area contributed by atoms with Gasteiger partial charge in [0.05, 0.1) is 33.5 Å². The van der Waals surface area contributed by atoms with Crippen LogP contribution in [0.25, 0.3) is 0 Å². The summed E-state index contributed by atoms with van der Waals surface area (Å²) in [5.74, 6) is 2.13. The van der Waals surface area contributed by atoms with E-state index in [0.29, 0.717) is 18.8 Å². The molecule has 0 aromatic heterocycles. The molecule has 0 aliphatic heterocycles. The Morgan fingerprint density at radius 2 is 1.61 bits per heavy atom.